The van der Waals surface area contributed by atoms with Gasteiger partial charge in [-0.3, -0.25) is 4.79 Å². The third kappa shape index (κ3) is 4.82. The topological polar surface area (TPSA) is 75.4 Å². The molecule has 1 rings (SSSR count). The van der Waals surface area contributed by atoms with Gasteiger partial charge in [0.25, 0.3) is 0 Å². The zero-order valence-electron chi connectivity index (χ0n) is 9.11. The summed E-state index contributed by atoms with van der Waals surface area (Å²) < 4.78 is 0. The Morgan fingerprint density at radius 1 is 1.53 bits per heavy atom. The van der Waals surface area contributed by atoms with E-state index in [1.807, 2.05) is 0 Å². The van der Waals surface area contributed by atoms with Crippen LogP contribution in [0.2, 0.25) is 0 Å². The van der Waals surface area contributed by atoms with Crippen LogP contribution in [0.3, 0.4) is 0 Å². The Hall–Kier alpha value is -0.320. The number of rotatable bonds is 3. The van der Waals surface area contributed by atoms with E-state index < -0.39 is 6.04 Å². The summed E-state index contributed by atoms with van der Waals surface area (Å²) in [6, 6.07) is -0.462. The quantitative estimate of drug-likeness (QED) is 0.665. The molecule has 15 heavy (non-hydrogen) atoms. The number of hydrogen-bond donors (Lipinski definition) is 3. The number of aliphatic hydroxyl groups excluding tert-OH is 1. The number of nitrogens with two attached hydrogens (primary N) is 1. The maximum Gasteiger partial charge on any atom is 0.236 e. The molecule has 5 heteroatoms. The lowest BCUT2D eigenvalue weighted by Gasteiger charge is -2.27. The molecule has 1 saturated carbocycles. The first-order valence-corrected chi connectivity index (χ1v) is 5.32. The number of nitrogens with one attached hydrogen (secondary N) is 1. The molecule has 0 aromatic rings. The monoisotopic (exact) mass is 236 g/mol. The van der Waals surface area contributed by atoms with Gasteiger partial charge in [-0.15, -0.1) is 12.4 Å². The van der Waals surface area contributed by atoms with Gasteiger partial charge in [0.1, 0.15) is 0 Å². The van der Waals surface area contributed by atoms with E-state index >= 15 is 0 Å². The zero-order chi connectivity index (χ0) is 10.6. The average Bonchev–Trinajstić information content (AvgIpc) is 2.16. The highest BCUT2D eigenvalue weighted by atomic mass is 35.5. The molecule has 3 atom stereocenters. The van der Waals surface area contributed by atoms with E-state index in [2.05, 4.69) is 5.32 Å². The first kappa shape index (κ1) is 14.7. The summed E-state index contributed by atoms with van der Waals surface area (Å²) in [6.07, 6.45) is 3.85. The van der Waals surface area contributed by atoms with Crippen LogP contribution in [0.4, 0.5) is 0 Å². The first-order chi connectivity index (χ1) is 6.61. The normalized spacial score (nSPS) is 27.7. The van der Waals surface area contributed by atoms with Gasteiger partial charge < -0.3 is 16.2 Å². The molecule has 1 amide bonds. The fourth-order valence-corrected chi connectivity index (χ4v) is 1.82. The van der Waals surface area contributed by atoms with E-state index in [-0.39, 0.29) is 30.3 Å². The van der Waals surface area contributed by atoms with E-state index in [1.165, 1.54) is 0 Å². The minimum Gasteiger partial charge on any atom is -0.393 e. The molecule has 0 aromatic carbocycles. The fourth-order valence-electron chi connectivity index (χ4n) is 1.82. The molecule has 1 fully saturated rings. The summed E-state index contributed by atoms with van der Waals surface area (Å²) in [4.78, 5) is 11.2. The van der Waals surface area contributed by atoms with Crippen molar-refractivity contribution in [3.8, 4) is 0 Å². The van der Waals surface area contributed by atoms with Crippen LogP contribution in [0.15, 0.2) is 0 Å². The van der Waals surface area contributed by atoms with Gasteiger partial charge in [-0.05, 0) is 19.8 Å². The molecule has 4 nitrogen and oxygen atoms in total. The first-order valence-electron chi connectivity index (χ1n) is 5.32. The maximum atomic E-state index is 11.2. The Morgan fingerprint density at radius 2 is 2.13 bits per heavy atom. The summed E-state index contributed by atoms with van der Waals surface area (Å²) in [5.74, 6) is 0.0780. The van der Waals surface area contributed by atoms with Crippen molar-refractivity contribution in [2.45, 2.75) is 44.8 Å². The van der Waals surface area contributed by atoms with Crippen LogP contribution in [0.25, 0.3) is 0 Å². The minimum atomic E-state index is -0.462. The van der Waals surface area contributed by atoms with Crippen molar-refractivity contribution in [3.05, 3.63) is 0 Å². The number of halogens is 1. The number of aliphatic hydroxyl groups is 1. The maximum absolute atomic E-state index is 11.2. The SMILES string of the molecule is C[C@H](N)C(=O)NCC1CCCCC1O.Cl. The summed E-state index contributed by atoms with van der Waals surface area (Å²) in [7, 11) is 0. The van der Waals surface area contributed by atoms with Crippen LogP contribution in [0.5, 0.6) is 0 Å². The third-order valence-corrected chi connectivity index (χ3v) is 2.82. The Labute approximate surface area is 97.0 Å². The van der Waals surface area contributed by atoms with Crippen LogP contribution in [-0.2, 0) is 4.79 Å². The van der Waals surface area contributed by atoms with Gasteiger partial charge in [0, 0.05) is 12.5 Å². The molecule has 0 bridgehead atoms. The van der Waals surface area contributed by atoms with E-state index in [0.717, 1.165) is 25.7 Å². The van der Waals surface area contributed by atoms with Gasteiger partial charge in [-0.25, -0.2) is 0 Å². The van der Waals surface area contributed by atoms with Crippen molar-refractivity contribution >= 4 is 18.3 Å². The molecule has 4 N–H and O–H groups in total. The molecule has 90 valence electrons. The van der Waals surface area contributed by atoms with Crippen LogP contribution >= 0.6 is 12.4 Å². The highest BCUT2D eigenvalue weighted by Crippen LogP contribution is 2.23. The number of carbonyl (C=O) groups is 1. The Morgan fingerprint density at radius 3 is 2.67 bits per heavy atom. The number of amides is 1. The molecule has 0 aliphatic heterocycles. The number of carbonyl (C=O) groups excluding carboxylic acids is 1. The zero-order valence-corrected chi connectivity index (χ0v) is 9.93. The molecular weight excluding hydrogens is 216 g/mol. The van der Waals surface area contributed by atoms with E-state index in [9.17, 15) is 9.90 Å². The predicted octanol–water partition coefficient (Wildman–Crippen LogP) is 0.423. The lowest BCUT2D eigenvalue weighted by molar-refractivity contribution is -0.122. The smallest absolute Gasteiger partial charge is 0.236 e. The molecule has 2 unspecified atom stereocenters. The minimum absolute atomic E-state index is 0. The van der Waals surface area contributed by atoms with Gasteiger partial charge in [-0.1, -0.05) is 12.8 Å². The Bertz CT molecular complexity index is 200. The molecule has 0 radical (unpaired) electrons. The summed E-state index contributed by atoms with van der Waals surface area (Å²) in [5.41, 5.74) is 5.41. The molecule has 0 heterocycles. The molecule has 0 spiro atoms. The molecular formula is C10H21ClN2O2. The van der Waals surface area contributed by atoms with Crippen molar-refractivity contribution < 1.29 is 9.90 Å². The summed E-state index contributed by atoms with van der Waals surface area (Å²) in [6.45, 7) is 2.22. The standard InChI is InChI=1S/C10H20N2O2.ClH/c1-7(11)10(14)12-6-8-4-2-3-5-9(8)13;/h7-9,13H,2-6,11H2,1H3,(H,12,14);1H/t7-,8?,9?;/m0./s1. The molecule has 1 aliphatic carbocycles. The molecule has 0 saturated heterocycles. The second kappa shape index (κ2) is 7.04. The molecule has 1 aliphatic rings. The van der Waals surface area contributed by atoms with Gasteiger partial charge >= 0.3 is 0 Å². The van der Waals surface area contributed by atoms with Gasteiger partial charge in [0.2, 0.25) is 5.91 Å². The predicted molar refractivity (Wildman–Crippen MR) is 61.9 cm³/mol. The summed E-state index contributed by atoms with van der Waals surface area (Å²) in [5, 5.41) is 12.4. The van der Waals surface area contributed by atoms with E-state index in [4.69, 9.17) is 5.73 Å². The van der Waals surface area contributed by atoms with Crippen LogP contribution < -0.4 is 11.1 Å². The molecule has 0 aromatic heterocycles. The van der Waals surface area contributed by atoms with Gasteiger partial charge in [0.15, 0.2) is 0 Å². The van der Waals surface area contributed by atoms with Crippen molar-refractivity contribution in [1.82, 2.24) is 5.32 Å². The lowest BCUT2D eigenvalue weighted by Crippen LogP contribution is -2.43. The van der Waals surface area contributed by atoms with Crippen molar-refractivity contribution in [2.24, 2.45) is 11.7 Å². The average molecular weight is 237 g/mol. The second-order valence-electron chi connectivity index (χ2n) is 4.15. The Kier molecular flexibility index (Phi) is 6.89. The van der Waals surface area contributed by atoms with Crippen molar-refractivity contribution in [1.29, 1.82) is 0 Å². The third-order valence-electron chi connectivity index (χ3n) is 2.82. The second-order valence-corrected chi connectivity index (χ2v) is 4.15. The summed E-state index contributed by atoms with van der Waals surface area (Å²) >= 11 is 0. The van der Waals surface area contributed by atoms with Gasteiger partial charge in [0.05, 0.1) is 12.1 Å². The highest BCUT2D eigenvalue weighted by Gasteiger charge is 2.23. The lowest BCUT2D eigenvalue weighted by atomic mass is 9.86. The largest absolute Gasteiger partial charge is 0.393 e. The van der Waals surface area contributed by atoms with Crippen LogP contribution in [0.1, 0.15) is 32.6 Å². The number of hydrogen-bond acceptors (Lipinski definition) is 3. The van der Waals surface area contributed by atoms with Crippen LogP contribution in [-0.4, -0.2) is 29.7 Å². The van der Waals surface area contributed by atoms with Gasteiger partial charge in [-0.2, -0.15) is 0 Å². The Balaban J connectivity index is 0.00000196. The highest BCUT2D eigenvalue weighted by molar-refractivity contribution is 5.85. The van der Waals surface area contributed by atoms with E-state index in [0.29, 0.717) is 6.54 Å². The van der Waals surface area contributed by atoms with E-state index in [1.54, 1.807) is 6.92 Å². The fraction of sp³-hybridized carbons (Fsp3) is 0.900. The van der Waals surface area contributed by atoms with Crippen LogP contribution in [0, 0.1) is 5.92 Å². The van der Waals surface area contributed by atoms with Crippen molar-refractivity contribution in [2.75, 3.05) is 6.54 Å². The van der Waals surface area contributed by atoms with Crippen molar-refractivity contribution in [3.63, 3.8) is 0 Å².